The Bertz CT molecular complexity index is 1050. The van der Waals surface area contributed by atoms with Gasteiger partial charge in [-0.1, -0.05) is 13.8 Å². The van der Waals surface area contributed by atoms with Gasteiger partial charge < -0.3 is 24.5 Å². The van der Waals surface area contributed by atoms with Crippen molar-refractivity contribution in [3.05, 3.63) is 46.6 Å². The smallest absolute Gasteiger partial charge is 0.345 e. The lowest BCUT2D eigenvalue weighted by molar-refractivity contribution is -0.242. The van der Waals surface area contributed by atoms with Gasteiger partial charge in [0.25, 0.3) is 0 Å². The van der Waals surface area contributed by atoms with Crippen LogP contribution in [0.1, 0.15) is 51.7 Å². The number of rotatable bonds is 1. The number of hydrogen-bond donors (Lipinski definition) is 3. The molecule has 5 rings (SSSR count). The molecule has 6 unspecified atom stereocenters. The summed E-state index contributed by atoms with van der Waals surface area (Å²) in [6.07, 6.45) is 2.57. The summed E-state index contributed by atoms with van der Waals surface area (Å²) in [5, 5.41) is 33.1. The van der Waals surface area contributed by atoms with E-state index in [2.05, 4.69) is 11.9 Å². The summed E-state index contributed by atoms with van der Waals surface area (Å²) in [7, 11) is 0. The zero-order chi connectivity index (χ0) is 22.1. The third-order valence-electron chi connectivity index (χ3n) is 8.37. The van der Waals surface area contributed by atoms with Gasteiger partial charge in [0.15, 0.2) is 0 Å². The Morgan fingerprint density at radius 3 is 2.71 bits per heavy atom. The summed E-state index contributed by atoms with van der Waals surface area (Å²) in [6, 6.07) is 5.12. The summed E-state index contributed by atoms with van der Waals surface area (Å²) in [6.45, 7) is 5.92. The minimum atomic E-state index is -1.14. The van der Waals surface area contributed by atoms with Crippen LogP contribution in [-0.4, -0.2) is 38.1 Å². The number of aliphatic hydroxyl groups is 3. The lowest BCUT2D eigenvalue weighted by atomic mass is 9.46. The van der Waals surface area contributed by atoms with E-state index in [1.54, 1.807) is 30.6 Å². The van der Waals surface area contributed by atoms with Gasteiger partial charge in [-0.05, 0) is 55.6 Å². The lowest BCUT2D eigenvalue weighted by Crippen LogP contribution is -2.68. The van der Waals surface area contributed by atoms with Crippen molar-refractivity contribution in [2.24, 2.45) is 23.2 Å². The van der Waals surface area contributed by atoms with Crippen molar-refractivity contribution in [1.82, 2.24) is 4.98 Å². The van der Waals surface area contributed by atoms with Gasteiger partial charge in [0, 0.05) is 29.9 Å². The molecular formula is C24H29NO6. The maximum atomic E-state index is 13.0. The van der Waals surface area contributed by atoms with E-state index in [1.165, 1.54) is 0 Å². The number of pyridine rings is 1. The first-order valence-electron chi connectivity index (χ1n) is 11.0. The Labute approximate surface area is 180 Å². The van der Waals surface area contributed by atoms with Crippen LogP contribution < -0.4 is 10.4 Å². The molecule has 2 saturated carbocycles. The van der Waals surface area contributed by atoms with Crippen LogP contribution in [0.15, 0.2) is 39.8 Å². The molecule has 2 aliphatic carbocycles. The molecule has 0 radical (unpaired) electrons. The SMILES string of the molecule is CC1C(O)CC[C@@]2(C)C1C[C@H](O)C1(C)Oc3cc(-c4cccnc4)oc(=O)c3C(O)C12. The lowest BCUT2D eigenvalue weighted by Gasteiger charge is -2.63. The number of hydrogen-bond acceptors (Lipinski definition) is 7. The average Bonchev–Trinajstić information content (AvgIpc) is 2.73. The zero-order valence-corrected chi connectivity index (χ0v) is 18.0. The second-order valence-corrected chi connectivity index (χ2v) is 9.96. The quantitative estimate of drug-likeness (QED) is 0.641. The van der Waals surface area contributed by atoms with Crippen LogP contribution in [0.5, 0.6) is 5.75 Å². The number of aliphatic hydroxyl groups excluding tert-OH is 3. The highest BCUT2D eigenvalue weighted by atomic mass is 16.5. The van der Waals surface area contributed by atoms with Gasteiger partial charge in [0.2, 0.25) is 0 Å². The summed E-state index contributed by atoms with van der Waals surface area (Å²) in [4.78, 5) is 17.0. The van der Waals surface area contributed by atoms with E-state index < -0.39 is 40.9 Å². The van der Waals surface area contributed by atoms with Gasteiger partial charge in [0.1, 0.15) is 22.7 Å². The molecule has 31 heavy (non-hydrogen) atoms. The molecule has 0 spiro atoms. The van der Waals surface area contributed by atoms with Crippen molar-refractivity contribution < 1.29 is 24.5 Å². The molecule has 0 saturated heterocycles. The number of ether oxygens (including phenoxy) is 1. The molecule has 7 nitrogen and oxygen atoms in total. The van der Waals surface area contributed by atoms with Crippen LogP contribution in [0.4, 0.5) is 0 Å². The molecule has 0 amide bonds. The first-order valence-corrected chi connectivity index (χ1v) is 11.0. The highest BCUT2D eigenvalue weighted by Crippen LogP contribution is 2.64. The molecule has 7 heteroatoms. The van der Waals surface area contributed by atoms with Gasteiger partial charge >= 0.3 is 5.63 Å². The molecule has 0 bridgehead atoms. The maximum Gasteiger partial charge on any atom is 0.345 e. The molecule has 2 fully saturated rings. The summed E-state index contributed by atoms with van der Waals surface area (Å²) < 4.78 is 11.9. The first kappa shape index (κ1) is 20.7. The third-order valence-corrected chi connectivity index (χ3v) is 8.37. The fraction of sp³-hybridized carbons (Fsp3) is 0.583. The minimum Gasteiger partial charge on any atom is -0.484 e. The second-order valence-electron chi connectivity index (χ2n) is 9.96. The molecule has 2 aromatic heterocycles. The van der Waals surface area contributed by atoms with E-state index >= 15 is 0 Å². The van der Waals surface area contributed by atoms with Crippen LogP contribution in [0.3, 0.4) is 0 Å². The van der Waals surface area contributed by atoms with Gasteiger partial charge in [-0.3, -0.25) is 4.98 Å². The summed E-state index contributed by atoms with van der Waals surface area (Å²) in [5.74, 6) is 0.0198. The number of nitrogens with zero attached hydrogens (tertiary/aromatic N) is 1. The molecule has 3 heterocycles. The highest BCUT2D eigenvalue weighted by Gasteiger charge is 2.66. The van der Waals surface area contributed by atoms with Crippen LogP contribution in [0.25, 0.3) is 11.3 Å². The summed E-state index contributed by atoms with van der Waals surface area (Å²) in [5.41, 5.74) is -1.39. The van der Waals surface area contributed by atoms with Crippen LogP contribution in [0.2, 0.25) is 0 Å². The van der Waals surface area contributed by atoms with Crippen LogP contribution in [0, 0.1) is 23.2 Å². The Morgan fingerprint density at radius 1 is 1.23 bits per heavy atom. The second kappa shape index (κ2) is 6.89. The summed E-state index contributed by atoms with van der Waals surface area (Å²) >= 11 is 0. The van der Waals surface area contributed by atoms with Crippen molar-refractivity contribution >= 4 is 0 Å². The molecule has 2 aromatic rings. The predicted molar refractivity (Wildman–Crippen MR) is 112 cm³/mol. The van der Waals surface area contributed by atoms with Gasteiger partial charge in [0.05, 0.1) is 18.3 Å². The molecule has 0 aromatic carbocycles. The van der Waals surface area contributed by atoms with Gasteiger partial charge in [-0.2, -0.15) is 0 Å². The average molecular weight is 427 g/mol. The first-order chi connectivity index (χ1) is 14.7. The fourth-order valence-electron chi connectivity index (χ4n) is 6.68. The molecular weight excluding hydrogens is 398 g/mol. The Hall–Kier alpha value is -2.22. The Kier molecular flexibility index (Phi) is 4.59. The molecule has 166 valence electrons. The molecule has 1 aliphatic heterocycles. The van der Waals surface area contributed by atoms with Crippen molar-refractivity contribution in [3.63, 3.8) is 0 Å². The normalized spacial score (nSPS) is 41.5. The van der Waals surface area contributed by atoms with Crippen LogP contribution >= 0.6 is 0 Å². The highest BCUT2D eigenvalue weighted by molar-refractivity contribution is 5.59. The molecule has 8 atom stereocenters. The van der Waals surface area contributed by atoms with E-state index in [0.29, 0.717) is 30.6 Å². The van der Waals surface area contributed by atoms with Crippen molar-refractivity contribution in [2.75, 3.05) is 0 Å². The van der Waals surface area contributed by atoms with Crippen molar-refractivity contribution in [2.45, 2.75) is 63.9 Å². The zero-order valence-electron chi connectivity index (χ0n) is 18.0. The molecule has 3 N–H and O–H groups in total. The van der Waals surface area contributed by atoms with E-state index in [-0.39, 0.29) is 23.1 Å². The fourth-order valence-corrected chi connectivity index (χ4v) is 6.68. The minimum absolute atomic E-state index is 0.00540. The van der Waals surface area contributed by atoms with E-state index in [1.807, 2.05) is 13.8 Å². The Morgan fingerprint density at radius 2 is 2.00 bits per heavy atom. The maximum absolute atomic E-state index is 13.0. The van der Waals surface area contributed by atoms with Gasteiger partial charge in [-0.25, -0.2) is 4.79 Å². The standard InChI is InChI=1S/C24H29NO6/c1-12-14-9-18(27)24(3)21(23(14,2)7-6-15(12)26)20(28)19-17(31-24)10-16(30-22(19)29)13-5-4-8-25-11-13/h4-5,8,10-12,14-15,18,20-21,26-28H,6-7,9H2,1-3H3/t12?,14?,15?,18-,20?,21?,23-,24?/m0/s1. The van der Waals surface area contributed by atoms with Crippen molar-refractivity contribution in [3.8, 4) is 17.1 Å². The topological polar surface area (TPSA) is 113 Å². The van der Waals surface area contributed by atoms with E-state index in [4.69, 9.17) is 9.15 Å². The van der Waals surface area contributed by atoms with E-state index in [0.717, 1.165) is 0 Å². The molecule has 3 aliphatic rings. The van der Waals surface area contributed by atoms with Gasteiger partial charge in [-0.15, -0.1) is 0 Å². The van der Waals surface area contributed by atoms with E-state index in [9.17, 15) is 20.1 Å². The number of aromatic nitrogens is 1. The third kappa shape index (κ3) is 2.83. The predicted octanol–water partition coefficient (Wildman–Crippen LogP) is 2.68. The number of fused-ring (bicyclic) bond motifs is 4. The van der Waals surface area contributed by atoms with Crippen LogP contribution in [-0.2, 0) is 0 Å². The van der Waals surface area contributed by atoms with Crippen molar-refractivity contribution in [1.29, 1.82) is 0 Å². The monoisotopic (exact) mass is 427 g/mol. The Balaban J connectivity index is 1.64. The largest absolute Gasteiger partial charge is 0.484 e.